The monoisotopic (exact) mass is 240 g/mol. The van der Waals surface area contributed by atoms with Crippen LogP contribution in [0.1, 0.15) is 11.1 Å². The van der Waals surface area contributed by atoms with Gasteiger partial charge in [0.15, 0.2) is 0 Å². The maximum Gasteiger partial charge on any atom is 0.138 e. The highest BCUT2D eigenvalue weighted by Crippen LogP contribution is 2.18. The molecule has 1 aromatic carbocycles. The van der Waals surface area contributed by atoms with Crippen LogP contribution in [0, 0.1) is 6.92 Å². The zero-order valence-electron chi connectivity index (χ0n) is 10.4. The predicted octanol–water partition coefficient (Wildman–Crippen LogP) is 2.95. The Morgan fingerprint density at radius 1 is 1.17 bits per heavy atom. The molecule has 0 aliphatic carbocycles. The minimum atomic E-state index is 0.742. The summed E-state index contributed by atoms with van der Waals surface area (Å²) in [6, 6.07) is 10.2. The van der Waals surface area contributed by atoms with E-state index >= 15 is 0 Å². The van der Waals surface area contributed by atoms with Crippen molar-refractivity contribution in [3.05, 3.63) is 60.6 Å². The molecule has 2 aromatic rings. The summed E-state index contributed by atoms with van der Waals surface area (Å²) in [6.45, 7) is 6.34. The Kier molecular flexibility index (Phi) is 3.91. The molecule has 0 saturated carbocycles. The minimum absolute atomic E-state index is 0.742. The molecular formula is C14H16N4. The second-order valence-electron chi connectivity index (χ2n) is 3.88. The second kappa shape index (κ2) is 5.82. The first-order chi connectivity index (χ1) is 8.81. The third-order valence-corrected chi connectivity index (χ3v) is 2.63. The fraction of sp³-hybridized carbons (Fsp3) is 0.143. The van der Waals surface area contributed by atoms with Gasteiger partial charge in [0.05, 0.1) is 0 Å². The summed E-state index contributed by atoms with van der Waals surface area (Å²) in [5.41, 5.74) is 2.20. The molecule has 0 spiro atoms. The summed E-state index contributed by atoms with van der Waals surface area (Å²) in [5.74, 6) is 1.61. The zero-order valence-corrected chi connectivity index (χ0v) is 10.4. The molecule has 2 N–H and O–H groups in total. The van der Waals surface area contributed by atoms with Crippen LogP contribution >= 0.6 is 0 Å². The smallest absolute Gasteiger partial charge is 0.138 e. The number of aromatic nitrogens is 2. The van der Waals surface area contributed by atoms with Crippen molar-refractivity contribution >= 4 is 11.6 Å². The Hall–Kier alpha value is -2.36. The van der Waals surface area contributed by atoms with E-state index in [1.54, 1.807) is 6.20 Å². The van der Waals surface area contributed by atoms with Gasteiger partial charge in [-0.15, -0.1) is 0 Å². The highest BCUT2D eigenvalue weighted by Gasteiger charge is 2.05. The van der Waals surface area contributed by atoms with E-state index < -0.39 is 0 Å². The first kappa shape index (κ1) is 12.1. The third-order valence-electron chi connectivity index (χ3n) is 2.63. The van der Waals surface area contributed by atoms with Crippen molar-refractivity contribution in [1.29, 1.82) is 0 Å². The topological polar surface area (TPSA) is 49.8 Å². The standard InChI is InChI=1S/C14H16N4/c1-3-15-13-11(2)14(18-10-17-13)16-9-12-7-5-4-6-8-12/h3-8,10H,1,9H2,2H3,(H2,15,16,17,18). The Morgan fingerprint density at radius 2 is 1.89 bits per heavy atom. The van der Waals surface area contributed by atoms with E-state index in [4.69, 9.17) is 0 Å². The Morgan fingerprint density at radius 3 is 2.61 bits per heavy atom. The highest BCUT2D eigenvalue weighted by molar-refractivity contribution is 5.57. The molecule has 0 saturated heterocycles. The third kappa shape index (κ3) is 2.85. The van der Waals surface area contributed by atoms with E-state index in [0.29, 0.717) is 0 Å². The van der Waals surface area contributed by atoms with Gasteiger partial charge >= 0.3 is 0 Å². The van der Waals surface area contributed by atoms with Crippen molar-refractivity contribution in [3.8, 4) is 0 Å². The van der Waals surface area contributed by atoms with Crippen LogP contribution in [-0.4, -0.2) is 9.97 Å². The van der Waals surface area contributed by atoms with Gasteiger partial charge in [-0.1, -0.05) is 36.9 Å². The van der Waals surface area contributed by atoms with E-state index in [0.717, 1.165) is 23.7 Å². The molecule has 0 radical (unpaired) electrons. The lowest BCUT2D eigenvalue weighted by Crippen LogP contribution is -2.05. The Labute approximate surface area is 107 Å². The quantitative estimate of drug-likeness (QED) is 0.843. The Bertz CT molecular complexity index is 523. The van der Waals surface area contributed by atoms with Crippen LogP contribution in [0.5, 0.6) is 0 Å². The number of hydrogen-bond donors (Lipinski definition) is 2. The minimum Gasteiger partial charge on any atom is -0.366 e. The maximum absolute atomic E-state index is 4.24. The van der Waals surface area contributed by atoms with Gasteiger partial charge in [0, 0.05) is 12.1 Å². The summed E-state index contributed by atoms with van der Waals surface area (Å²) in [5, 5.41) is 6.29. The van der Waals surface area contributed by atoms with Crippen molar-refractivity contribution in [2.75, 3.05) is 10.6 Å². The number of rotatable bonds is 5. The van der Waals surface area contributed by atoms with Gasteiger partial charge in [0.1, 0.15) is 18.0 Å². The summed E-state index contributed by atoms with van der Waals surface area (Å²) in [7, 11) is 0. The molecule has 1 aromatic heterocycles. The van der Waals surface area contributed by atoms with Gasteiger partial charge in [0.25, 0.3) is 0 Å². The number of hydrogen-bond acceptors (Lipinski definition) is 4. The van der Waals surface area contributed by atoms with E-state index in [9.17, 15) is 0 Å². The van der Waals surface area contributed by atoms with Crippen LogP contribution < -0.4 is 10.6 Å². The van der Waals surface area contributed by atoms with Crippen molar-refractivity contribution < 1.29 is 0 Å². The molecule has 0 atom stereocenters. The second-order valence-corrected chi connectivity index (χ2v) is 3.88. The van der Waals surface area contributed by atoms with Gasteiger partial charge in [-0.3, -0.25) is 0 Å². The molecule has 92 valence electrons. The molecule has 0 unspecified atom stereocenters. The predicted molar refractivity (Wildman–Crippen MR) is 74.4 cm³/mol. The van der Waals surface area contributed by atoms with E-state index in [1.165, 1.54) is 11.9 Å². The molecule has 4 heteroatoms. The first-order valence-electron chi connectivity index (χ1n) is 5.78. The summed E-state index contributed by atoms with van der Waals surface area (Å²) >= 11 is 0. The van der Waals surface area contributed by atoms with E-state index in [2.05, 4.69) is 39.3 Å². The van der Waals surface area contributed by atoms with Crippen molar-refractivity contribution in [2.24, 2.45) is 0 Å². The van der Waals surface area contributed by atoms with Gasteiger partial charge in [-0.25, -0.2) is 9.97 Å². The van der Waals surface area contributed by atoms with Crippen molar-refractivity contribution in [1.82, 2.24) is 9.97 Å². The zero-order chi connectivity index (χ0) is 12.8. The van der Waals surface area contributed by atoms with Crippen LogP contribution in [0.15, 0.2) is 49.4 Å². The van der Waals surface area contributed by atoms with E-state index in [1.807, 2.05) is 25.1 Å². The van der Waals surface area contributed by atoms with E-state index in [-0.39, 0.29) is 0 Å². The molecule has 0 fully saturated rings. The molecule has 4 nitrogen and oxygen atoms in total. The molecule has 0 amide bonds. The van der Waals surface area contributed by atoms with Gasteiger partial charge in [-0.2, -0.15) is 0 Å². The van der Waals surface area contributed by atoms with Crippen LogP contribution in [0.2, 0.25) is 0 Å². The molecule has 0 bridgehead atoms. The largest absolute Gasteiger partial charge is 0.366 e. The number of anilines is 2. The van der Waals surface area contributed by atoms with Crippen molar-refractivity contribution in [3.63, 3.8) is 0 Å². The number of benzene rings is 1. The van der Waals surface area contributed by atoms with Crippen LogP contribution in [0.3, 0.4) is 0 Å². The normalized spacial score (nSPS) is 9.83. The summed E-state index contributed by atoms with van der Waals surface area (Å²) in [6.07, 6.45) is 3.14. The molecular weight excluding hydrogens is 224 g/mol. The lowest BCUT2D eigenvalue weighted by Gasteiger charge is -2.11. The summed E-state index contributed by atoms with van der Waals surface area (Å²) in [4.78, 5) is 8.39. The fourth-order valence-corrected chi connectivity index (χ4v) is 1.65. The molecule has 0 aliphatic heterocycles. The van der Waals surface area contributed by atoms with Gasteiger partial charge < -0.3 is 10.6 Å². The van der Waals surface area contributed by atoms with Gasteiger partial charge in [0.2, 0.25) is 0 Å². The number of nitrogens with zero attached hydrogens (tertiary/aromatic N) is 2. The molecule has 1 heterocycles. The maximum atomic E-state index is 4.24. The lowest BCUT2D eigenvalue weighted by atomic mass is 10.2. The number of nitrogens with one attached hydrogen (secondary N) is 2. The van der Waals surface area contributed by atoms with Crippen LogP contribution in [0.4, 0.5) is 11.6 Å². The van der Waals surface area contributed by atoms with Crippen LogP contribution in [-0.2, 0) is 6.54 Å². The lowest BCUT2D eigenvalue weighted by molar-refractivity contribution is 1.06. The highest BCUT2D eigenvalue weighted by atomic mass is 15.1. The molecule has 2 rings (SSSR count). The fourth-order valence-electron chi connectivity index (χ4n) is 1.65. The summed E-state index contributed by atoms with van der Waals surface area (Å²) < 4.78 is 0. The molecule has 0 aliphatic rings. The van der Waals surface area contributed by atoms with Crippen LogP contribution in [0.25, 0.3) is 0 Å². The van der Waals surface area contributed by atoms with Gasteiger partial charge in [-0.05, 0) is 18.7 Å². The average Bonchev–Trinajstić information content (AvgIpc) is 2.41. The Balaban J connectivity index is 2.10. The average molecular weight is 240 g/mol. The first-order valence-corrected chi connectivity index (χ1v) is 5.78. The van der Waals surface area contributed by atoms with Crippen molar-refractivity contribution in [2.45, 2.75) is 13.5 Å². The molecule has 18 heavy (non-hydrogen) atoms. The SMILES string of the molecule is C=CNc1ncnc(NCc2ccccc2)c1C.